The van der Waals surface area contributed by atoms with Crippen LogP contribution >= 0.6 is 0 Å². The summed E-state index contributed by atoms with van der Waals surface area (Å²) in [7, 11) is 0. The van der Waals surface area contributed by atoms with Crippen LogP contribution in [0.1, 0.15) is 49.4 Å². The zero-order valence-corrected chi connectivity index (χ0v) is 13.5. The van der Waals surface area contributed by atoms with Gasteiger partial charge in [0.05, 0.1) is 24.5 Å². The molecule has 0 spiro atoms. The van der Waals surface area contributed by atoms with Crippen LogP contribution in [-0.2, 0) is 11.3 Å². The van der Waals surface area contributed by atoms with E-state index in [1.807, 2.05) is 15.8 Å². The fraction of sp³-hybridized carbons (Fsp3) is 0.625. The van der Waals surface area contributed by atoms with Gasteiger partial charge in [0, 0.05) is 38.2 Å². The minimum absolute atomic E-state index is 0.202. The Hall–Kier alpha value is -2.22. The average molecular weight is 328 g/mol. The fourth-order valence-corrected chi connectivity index (χ4v) is 3.44. The first-order chi connectivity index (χ1) is 11.8. The Morgan fingerprint density at radius 3 is 2.88 bits per heavy atom. The van der Waals surface area contributed by atoms with Crippen molar-refractivity contribution in [2.24, 2.45) is 0 Å². The van der Waals surface area contributed by atoms with E-state index in [0.717, 1.165) is 37.6 Å². The van der Waals surface area contributed by atoms with Crippen molar-refractivity contribution >= 4 is 11.6 Å². The lowest BCUT2D eigenvalue weighted by Crippen LogP contribution is -2.47. The van der Waals surface area contributed by atoms with E-state index in [9.17, 15) is 4.79 Å². The Bertz CT molecular complexity index is 758. The monoisotopic (exact) mass is 328 g/mol. The second-order valence-electron chi connectivity index (χ2n) is 6.98. The smallest absolute Gasteiger partial charge is 0.230 e. The van der Waals surface area contributed by atoms with Gasteiger partial charge < -0.3 is 9.32 Å². The number of hydrogen-bond donors (Lipinski definition) is 0. The van der Waals surface area contributed by atoms with Crippen molar-refractivity contribution in [3.63, 3.8) is 0 Å². The number of hydrogen-bond acceptors (Lipinski definition) is 6. The number of likely N-dealkylation sites (tertiary alicyclic amines) is 1. The van der Waals surface area contributed by atoms with Crippen LogP contribution in [0.2, 0.25) is 0 Å². The molecule has 4 heterocycles. The van der Waals surface area contributed by atoms with Crippen LogP contribution in [0.4, 0.5) is 5.69 Å². The SMILES string of the molecule is O=C1CCCN1c1cnn(C2CN(Cc3nnc(C4CC4)o3)C2)c1. The van der Waals surface area contributed by atoms with E-state index in [4.69, 9.17) is 4.42 Å². The maximum absolute atomic E-state index is 11.8. The summed E-state index contributed by atoms with van der Waals surface area (Å²) in [6.45, 7) is 3.34. The van der Waals surface area contributed by atoms with Gasteiger partial charge in [-0.3, -0.25) is 14.4 Å². The Kier molecular flexibility index (Phi) is 3.19. The minimum atomic E-state index is 0.202. The number of nitrogens with zero attached hydrogens (tertiary/aromatic N) is 6. The lowest BCUT2D eigenvalue weighted by Gasteiger charge is -2.38. The highest BCUT2D eigenvalue weighted by Gasteiger charge is 2.33. The summed E-state index contributed by atoms with van der Waals surface area (Å²) in [5, 5.41) is 12.7. The van der Waals surface area contributed by atoms with E-state index in [1.165, 1.54) is 12.8 Å². The van der Waals surface area contributed by atoms with Gasteiger partial charge in [0.25, 0.3) is 0 Å². The topological polar surface area (TPSA) is 80.3 Å². The minimum Gasteiger partial charge on any atom is -0.424 e. The van der Waals surface area contributed by atoms with Crippen LogP contribution in [0, 0.1) is 0 Å². The fourth-order valence-electron chi connectivity index (χ4n) is 3.44. The van der Waals surface area contributed by atoms with Crippen molar-refractivity contribution in [1.29, 1.82) is 0 Å². The zero-order chi connectivity index (χ0) is 16.1. The van der Waals surface area contributed by atoms with E-state index < -0.39 is 0 Å². The molecule has 1 aliphatic carbocycles. The van der Waals surface area contributed by atoms with E-state index in [2.05, 4.69) is 20.2 Å². The van der Waals surface area contributed by atoms with Crippen molar-refractivity contribution in [2.45, 2.75) is 44.2 Å². The molecule has 2 aliphatic heterocycles. The number of carbonyl (C=O) groups excluding carboxylic acids is 1. The molecule has 2 aromatic rings. The van der Waals surface area contributed by atoms with Crippen molar-refractivity contribution in [3.05, 3.63) is 24.2 Å². The van der Waals surface area contributed by atoms with Crippen LogP contribution in [0.3, 0.4) is 0 Å². The zero-order valence-electron chi connectivity index (χ0n) is 13.5. The lowest BCUT2D eigenvalue weighted by molar-refractivity contribution is -0.117. The molecule has 0 aromatic carbocycles. The Balaban J connectivity index is 1.17. The van der Waals surface area contributed by atoms with E-state index in [-0.39, 0.29) is 5.91 Å². The second-order valence-corrected chi connectivity index (χ2v) is 6.98. The maximum atomic E-state index is 11.8. The lowest BCUT2D eigenvalue weighted by atomic mass is 10.1. The van der Waals surface area contributed by atoms with Gasteiger partial charge in [-0.1, -0.05) is 0 Å². The van der Waals surface area contributed by atoms with Gasteiger partial charge >= 0.3 is 0 Å². The highest BCUT2D eigenvalue weighted by Crippen LogP contribution is 2.39. The molecule has 0 atom stereocenters. The Morgan fingerprint density at radius 2 is 2.12 bits per heavy atom. The number of carbonyl (C=O) groups is 1. The van der Waals surface area contributed by atoms with Crippen LogP contribution in [0.15, 0.2) is 16.8 Å². The molecule has 3 fully saturated rings. The maximum Gasteiger partial charge on any atom is 0.230 e. The second kappa shape index (κ2) is 5.41. The van der Waals surface area contributed by atoms with Gasteiger partial charge in [0.2, 0.25) is 17.7 Å². The molecule has 1 saturated carbocycles. The summed E-state index contributed by atoms with van der Waals surface area (Å²) >= 11 is 0. The highest BCUT2D eigenvalue weighted by atomic mass is 16.4. The van der Waals surface area contributed by atoms with Crippen molar-refractivity contribution in [1.82, 2.24) is 24.9 Å². The van der Waals surface area contributed by atoms with Crippen molar-refractivity contribution in [2.75, 3.05) is 24.5 Å². The summed E-state index contributed by atoms with van der Waals surface area (Å²) in [6, 6.07) is 0.349. The molecule has 1 amide bonds. The molecule has 0 bridgehead atoms. The van der Waals surface area contributed by atoms with Gasteiger partial charge in [-0.15, -0.1) is 10.2 Å². The van der Waals surface area contributed by atoms with Gasteiger partial charge in [-0.2, -0.15) is 5.10 Å². The van der Waals surface area contributed by atoms with Crippen molar-refractivity contribution < 1.29 is 9.21 Å². The van der Waals surface area contributed by atoms with E-state index in [0.29, 0.717) is 30.8 Å². The quantitative estimate of drug-likeness (QED) is 0.824. The molecular formula is C16H20N6O2. The number of anilines is 1. The first-order valence-corrected chi connectivity index (χ1v) is 8.65. The van der Waals surface area contributed by atoms with Crippen LogP contribution in [0.25, 0.3) is 0 Å². The molecule has 2 aromatic heterocycles. The third kappa shape index (κ3) is 2.50. The predicted molar refractivity (Wildman–Crippen MR) is 84.4 cm³/mol. The molecule has 8 heteroatoms. The van der Waals surface area contributed by atoms with E-state index >= 15 is 0 Å². The third-order valence-corrected chi connectivity index (χ3v) is 5.05. The predicted octanol–water partition coefficient (Wildman–Crippen LogP) is 1.33. The van der Waals surface area contributed by atoms with Crippen LogP contribution < -0.4 is 4.90 Å². The van der Waals surface area contributed by atoms with Gasteiger partial charge in [0.1, 0.15) is 0 Å². The summed E-state index contributed by atoms with van der Waals surface area (Å²) < 4.78 is 7.68. The molecule has 0 unspecified atom stereocenters. The van der Waals surface area contributed by atoms with Crippen molar-refractivity contribution in [3.8, 4) is 0 Å². The number of rotatable bonds is 5. The van der Waals surface area contributed by atoms with Crippen LogP contribution in [0.5, 0.6) is 0 Å². The first kappa shape index (κ1) is 14.2. The molecule has 8 nitrogen and oxygen atoms in total. The van der Waals surface area contributed by atoms with Gasteiger partial charge in [-0.05, 0) is 19.3 Å². The normalized spacial score (nSPS) is 22.3. The summed E-state index contributed by atoms with van der Waals surface area (Å²) in [6.07, 6.45) is 7.72. The average Bonchev–Trinajstić information content (AvgIpc) is 2.95. The molecular weight excluding hydrogens is 308 g/mol. The van der Waals surface area contributed by atoms with E-state index in [1.54, 1.807) is 6.20 Å². The Morgan fingerprint density at radius 1 is 1.25 bits per heavy atom. The summed E-state index contributed by atoms with van der Waals surface area (Å²) in [5.74, 6) is 2.21. The number of amides is 1. The van der Waals surface area contributed by atoms with Gasteiger partial charge in [-0.25, -0.2) is 0 Å². The number of aromatic nitrogens is 4. The highest BCUT2D eigenvalue weighted by molar-refractivity contribution is 5.95. The molecule has 2 saturated heterocycles. The molecule has 3 aliphatic rings. The summed E-state index contributed by atoms with van der Waals surface area (Å²) in [4.78, 5) is 15.9. The molecule has 5 rings (SSSR count). The third-order valence-electron chi connectivity index (χ3n) is 5.05. The molecule has 126 valence electrons. The molecule has 24 heavy (non-hydrogen) atoms. The molecule has 0 radical (unpaired) electrons. The standard InChI is InChI=1S/C16H20N6O2/c23-15-2-1-5-21(15)12-6-17-22(9-12)13-7-20(8-13)10-14-18-19-16(24-14)11-3-4-11/h6,9,11,13H,1-5,7-8,10H2. The molecule has 0 N–H and O–H groups in total. The Labute approximate surface area is 139 Å². The van der Waals surface area contributed by atoms with Crippen LogP contribution in [-0.4, -0.2) is 50.4 Å². The first-order valence-electron chi connectivity index (χ1n) is 8.65. The summed E-state index contributed by atoms with van der Waals surface area (Å²) in [5.41, 5.74) is 0.918. The van der Waals surface area contributed by atoms with Gasteiger partial charge in [0.15, 0.2) is 0 Å². The largest absolute Gasteiger partial charge is 0.424 e.